The highest BCUT2D eigenvalue weighted by atomic mass is 35.5. The molecule has 0 saturated heterocycles. The van der Waals surface area contributed by atoms with E-state index in [2.05, 4.69) is 4.98 Å². The van der Waals surface area contributed by atoms with Crippen LogP contribution in [0.5, 0.6) is 5.75 Å². The van der Waals surface area contributed by atoms with E-state index < -0.39 is 5.97 Å². The molecular formula is C38H28ClNO5. The van der Waals surface area contributed by atoms with Gasteiger partial charge in [-0.2, -0.15) is 0 Å². The summed E-state index contributed by atoms with van der Waals surface area (Å²) >= 11 is 6.72. The lowest BCUT2D eigenvalue weighted by molar-refractivity contribution is -0.142. The molecular weight excluding hydrogens is 586 g/mol. The molecule has 45 heavy (non-hydrogen) atoms. The van der Waals surface area contributed by atoms with Crippen LogP contribution < -0.4 is 10.3 Å². The van der Waals surface area contributed by atoms with Gasteiger partial charge >= 0.3 is 11.9 Å². The number of nitrogens with one attached hydrogen (secondary N) is 1. The number of para-hydroxylation sites is 1. The molecule has 0 saturated carbocycles. The average Bonchev–Trinajstić information content (AvgIpc) is 3.05. The minimum absolute atomic E-state index is 0.128. The summed E-state index contributed by atoms with van der Waals surface area (Å²) in [5.74, 6) is -0.277. The van der Waals surface area contributed by atoms with Crippen molar-refractivity contribution in [2.45, 2.75) is 13.3 Å². The molecule has 0 spiro atoms. The van der Waals surface area contributed by atoms with Gasteiger partial charge in [0, 0.05) is 22.2 Å². The van der Waals surface area contributed by atoms with Crippen molar-refractivity contribution in [3.63, 3.8) is 0 Å². The molecule has 0 atom stereocenters. The van der Waals surface area contributed by atoms with Gasteiger partial charge in [0.1, 0.15) is 5.75 Å². The zero-order valence-electron chi connectivity index (χ0n) is 24.4. The summed E-state index contributed by atoms with van der Waals surface area (Å²) in [6.07, 6.45) is 0.128. The number of hydrogen-bond acceptors (Lipinski definition) is 5. The van der Waals surface area contributed by atoms with E-state index in [0.29, 0.717) is 39.6 Å². The van der Waals surface area contributed by atoms with Crippen LogP contribution in [-0.2, 0) is 16.0 Å². The third-order valence-electron chi connectivity index (χ3n) is 7.43. The molecule has 7 heteroatoms. The van der Waals surface area contributed by atoms with Crippen molar-refractivity contribution in [3.8, 4) is 39.1 Å². The second kappa shape index (κ2) is 13.0. The number of carbonyl (C=O) groups excluding carboxylic acids is 2. The highest BCUT2D eigenvalue weighted by Crippen LogP contribution is 2.36. The van der Waals surface area contributed by atoms with Gasteiger partial charge in [0.15, 0.2) is 0 Å². The number of H-pyrrole nitrogens is 1. The summed E-state index contributed by atoms with van der Waals surface area (Å²) in [5.41, 5.74) is 6.13. The number of aromatic amines is 1. The number of aromatic nitrogens is 1. The topological polar surface area (TPSA) is 85.5 Å². The minimum Gasteiger partial charge on any atom is -0.466 e. The third-order valence-corrected chi connectivity index (χ3v) is 7.74. The summed E-state index contributed by atoms with van der Waals surface area (Å²) in [5, 5.41) is 1.30. The molecule has 0 aliphatic carbocycles. The summed E-state index contributed by atoms with van der Waals surface area (Å²) in [7, 11) is 0. The van der Waals surface area contributed by atoms with Crippen LogP contribution >= 0.6 is 11.6 Å². The van der Waals surface area contributed by atoms with Gasteiger partial charge in [-0.1, -0.05) is 96.5 Å². The predicted octanol–water partition coefficient (Wildman–Crippen LogP) is 8.51. The number of hydrogen-bond donors (Lipinski definition) is 1. The van der Waals surface area contributed by atoms with E-state index >= 15 is 0 Å². The van der Waals surface area contributed by atoms with E-state index in [-0.39, 0.29) is 17.9 Å². The van der Waals surface area contributed by atoms with Gasteiger partial charge < -0.3 is 14.5 Å². The highest BCUT2D eigenvalue weighted by Gasteiger charge is 2.15. The lowest BCUT2D eigenvalue weighted by atomic mass is 9.97. The number of fused-ring (bicyclic) bond motifs is 1. The first-order valence-electron chi connectivity index (χ1n) is 14.5. The molecule has 0 unspecified atom stereocenters. The van der Waals surface area contributed by atoms with E-state index in [9.17, 15) is 14.4 Å². The van der Waals surface area contributed by atoms with Crippen LogP contribution in [0.1, 0.15) is 22.8 Å². The van der Waals surface area contributed by atoms with E-state index in [4.69, 9.17) is 21.1 Å². The van der Waals surface area contributed by atoms with E-state index in [1.54, 1.807) is 43.3 Å². The Bertz CT molecular complexity index is 2080. The highest BCUT2D eigenvalue weighted by molar-refractivity contribution is 6.34. The Morgan fingerprint density at radius 1 is 0.711 bits per heavy atom. The Balaban J connectivity index is 1.30. The van der Waals surface area contributed by atoms with Crippen molar-refractivity contribution in [1.82, 2.24) is 4.98 Å². The molecule has 1 heterocycles. The first-order chi connectivity index (χ1) is 21.9. The van der Waals surface area contributed by atoms with Crippen LogP contribution in [0.15, 0.2) is 126 Å². The lowest BCUT2D eigenvalue weighted by Crippen LogP contribution is -2.10. The van der Waals surface area contributed by atoms with Gasteiger partial charge in [-0.25, -0.2) is 4.79 Å². The molecule has 1 aromatic heterocycles. The second-order valence-electron chi connectivity index (χ2n) is 10.4. The molecule has 0 aliphatic heterocycles. The number of rotatable bonds is 8. The molecule has 5 aromatic carbocycles. The second-order valence-corrected chi connectivity index (χ2v) is 10.8. The zero-order valence-corrected chi connectivity index (χ0v) is 25.1. The number of esters is 2. The summed E-state index contributed by atoms with van der Waals surface area (Å²) < 4.78 is 10.8. The smallest absolute Gasteiger partial charge is 0.343 e. The van der Waals surface area contributed by atoms with Crippen molar-refractivity contribution in [2.75, 3.05) is 6.61 Å². The normalized spacial score (nSPS) is 10.9. The van der Waals surface area contributed by atoms with Crippen molar-refractivity contribution in [3.05, 3.63) is 148 Å². The van der Waals surface area contributed by atoms with E-state index in [1.807, 2.05) is 84.9 Å². The largest absolute Gasteiger partial charge is 0.466 e. The monoisotopic (exact) mass is 613 g/mol. The third kappa shape index (κ3) is 6.56. The predicted molar refractivity (Wildman–Crippen MR) is 178 cm³/mol. The van der Waals surface area contributed by atoms with E-state index in [0.717, 1.165) is 33.2 Å². The molecule has 6 rings (SSSR count). The van der Waals surface area contributed by atoms with Gasteiger partial charge in [-0.05, 0) is 71.0 Å². The molecule has 6 nitrogen and oxygen atoms in total. The van der Waals surface area contributed by atoms with Gasteiger partial charge in [0.2, 0.25) is 0 Å². The van der Waals surface area contributed by atoms with Crippen LogP contribution in [0, 0.1) is 0 Å². The molecule has 1 N–H and O–H groups in total. The Kier molecular flexibility index (Phi) is 8.58. The Labute approximate surface area is 264 Å². The summed E-state index contributed by atoms with van der Waals surface area (Å²) in [6, 6.07) is 37.0. The maximum Gasteiger partial charge on any atom is 0.343 e. The summed E-state index contributed by atoms with van der Waals surface area (Å²) in [6.45, 7) is 2.08. The number of pyridine rings is 1. The Morgan fingerprint density at radius 2 is 1.40 bits per heavy atom. The van der Waals surface area contributed by atoms with Crippen LogP contribution in [0.25, 0.3) is 44.3 Å². The number of carbonyl (C=O) groups is 2. The first kappa shape index (κ1) is 29.6. The molecule has 6 aromatic rings. The number of benzene rings is 5. The lowest BCUT2D eigenvalue weighted by Gasteiger charge is -2.12. The average molecular weight is 614 g/mol. The summed E-state index contributed by atoms with van der Waals surface area (Å²) in [4.78, 5) is 40.7. The first-order valence-corrected chi connectivity index (χ1v) is 14.9. The van der Waals surface area contributed by atoms with Gasteiger partial charge in [-0.3, -0.25) is 9.59 Å². The van der Waals surface area contributed by atoms with Gasteiger partial charge in [0.05, 0.1) is 23.6 Å². The fourth-order valence-electron chi connectivity index (χ4n) is 5.25. The quantitative estimate of drug-likeness (QED) is 0.137. The van der Waals surface area contributed by atoms with Crippen molar-refractivity contribution >= 4 is 34.4 Å². The molecule has 222 valence electrons. The fraction of sp³-hybridized carbons (Fsp3) is 0.0789. The van der Waals surface area contributed by atoms with Crippen molar-refractivity contribution in [1.29, 1.82) is 0 Å². The van der Waals surface area contributed by atoms with Crippen LogP contribution in [-0.4, -0.2) is 23.5 Å². The van der Waals surface area contributed by atoms with Crippen molar-refractivity contribution in [2.24, 2.45) is 0 Å². The van der Waals surface area contributed by atoms with Crippen LogP contribution in [0.2, 0.25) is 5.02 Å². The maximum atomic E-state index is 13.1. The molecule has 0 fully saturated rings. The maximum absolute atomic E-state index is 13.1. The fourth-order valence-corrected chi connectivity index (χ4v) is 5.52. The van der Waals surface area contributed by atoms with E-state index in [1.165, 1.54) is 0 Å². The SMILES string of the molecule is CCOC(=O)Cc1cccc(-c2cc3cc(-c4ccc(-c5ccccc5OC(=O)c5ccccc5)cc4)c(Cl)cc3[nH]c2=O)c1. The Morgan fingerprint density at radius 3 is 2.16 bits per heavy atom. The molecule has 0 radical (unpaired) electrons. The zero-order chi connectivity index (χ0) is 31.3. The van der Waals surface area contributed by atoms with Gasteiger partial charge in [-0.15, -0.1) is 0 Å². The molecule has 0 amide bonds. The standard InChI is InChI=1S/C38H28ClNO5/c1-2-44-36(41)20-24-9-8-12-28(19-24)32-22-29-21-31(33(39)23-34(29)40-37(32)42)26-17-15-25(16-18-26)30-13-6-7-14-35(30)45-38(43)27-10-4-3-5-11-27/h3-19,21-23H,2,20H2,1H3,(H,40,42). The number of ether oxygens (including phenoxy) is 2. The molecule has 0 bridgehead atoms. The Hall–Kier alpha value is -5.46. The minimum atomic E-state index is -0.425. The number of halogens is 1. The van der Waals surface area contributed by atoms with Crippen LogP contribution in [0.4, 0.5) is 0 Å². The van der Waals surface area contributed by atoms with Gasteiger partial charge in [0.25, 0.3) is 5.56 Å². The van der Waals surface area contributed by atoms with Crippen LogP contribution in [0.3, 0.4) is 0 Å². The van der Waals surface area contributed by atoms with Crippen molar-refractivity contribution < 1.29 is 19.1 Å². The molecule has 0 aliphatic rings.